The third-order valence-corrected chi connectivity index (χ3v) is 12.0. The fourth-order valence-corrected chi connectivity index (χ4v) is 9.06. The Kier molecular flexibility index (Phi) is 8.53. The van der Waals surface area contributed by atoms with Gasteiger partial charge in [-0.15, -0.1) is 0 Å². The van der Waals surface area contributed by atoms with Crippen molar-refractivity contribution in [3.8, 4) is 0 Å². The van der Waals surface area contributed by atoms with Crippen LogP contribution in [0.25, 0.3) is 60.2 Å². The van der Waals surface area contributed by atoms with Crippen LogP contribution < -0.4 is 9.80 Å². The molecule has 2 heterocycles. The van der Waals surface area contributed by atoms with E-state index in [1.807, 2.05) is 92.7 Å². The third-order valence-electron chi connectivity index (χ3n) is 12.0. The highest BCUT2D eigenvalue weighted by Crippen LogP contribution is 2.55. The number of aliphatic hydroxyl groups is 1. The number of anilines is 6. The predicted octanol–water partition coefficient (Wildman–Crippen LogP) is 16.0. The van der Waals surface area contributed by atoms with Crippen LogP contribution in [0.3, 0.4) is 0 Å². The number of hydrogen-bond donors (Lipinski definition) is 1. The summed E-state index contributed by atoms with van der Waals surface area (Å²) in [5.74, 6) is -0.363. The largest absolute Gasteiger partial charge is 0.511 e. The summed E-state index contributed by atoms with van der Waals surface area (Å²) in [7, 11) is 0. The van der Waals surface area contributed by atoms with E-state index in [-0.39, 0.29) is 17.6 Å². The lowest BCUT2D eigenvalue weighted by atomic mass is 9.91. The SMILES string of the molecule is Cc1cccc2c1oc1c(N(c3ccc(F)cc3)c3c4ccccc4c(N(c4ccc(F)cc4)c4cccc(C5=C(O)C(C)CC=C5)c4)c4c3oc3ccccc34)cccc12. The summed E-state index contributed by atoms with van der Waals surface area (Å²) in [6, 6.07) is 49.6. The van der Waals surface area contributed by atoms with Gasteiger partial charge in [0.15, 0.2) is 11.2 Å². The molecule has 0 bridgehead atoms. The highest BCUT2D eigenvalue weighted by Gasteiger charge is 2.31. The molecule has 1 aliphatic carbocycles. The van der Waals surface area contributed by atoms with Crippen LogP contribution in [0.15, 0.2) is 184 Å². The van der Waals surface area contributed by atoms with Gasteiger partial charge in [-0.2, -0.15) is 0 Å². The lowest BCUT2D eigenvalue weighted by Crippen LogP contribution is -2.14. The number of hydrogen-bond acceptors (Lipinski definition) is 5. The van der Waals surface area contributed by atoms with Crippen molar-refractivity contribution in [3.63, 3.8) is 0 Å². The van der Waals surface area contributed by atoms with Crippen LogP contribution in [0.2, 0.25) is 0 Å². The number of allylic oxidation sites excluding steroid dienone is 4. The molecule has 0 saturated heterocycles. The molecule has 0 amide bonds. The average molecular weight is 801 g/mol. The summed E-state index contributed by atoms with van der Waals surface area (Å²) >= 11 is 0. The van der Waals surface area contributed by atoms with Crippen molar-refractivity contribution in [1.82, 2.24) is 0 Å². The highest BCUT2D eigenvalue weighted by atomic mass is 19.1. The molecule has 0 fully saturated rings. The molecule has 61 heavy (non-hydrogen) atoms. The van der Waals surface area contributed by atoms with Crippen molar-refractivity contribution in [1.29, 1.82) is 0 Å². The minimum absolute atomic E-state index is 0.0104. The van der Waals surface area contributed by atoms with Crippen LogP contribution in [0, 0.1) is 24.5 Å². The first-order valence-corrected chi connectivity index (χ1v) is 20.4. The number of para-hydroxylation sites is 3. The van der Waals surface area contributed by atoms with E-state index in [1.165, 1.54) is 24.3 Å². The van der Waals surface area contributed by atoms with E-state index in [9.17, 15) is 13.9 Å². The number of aryl methyl sites for hydroxylation is 1. The molecule has 7 heteroatoms. The summed E-state index contributed by atoms with van der Waals surface area (Å²) in [5, 5.41) is 16.7. The number of benzene rings is 8. The van der Waals surface area contributed by atoms with E-state index in [0.717, 1.165) is 89.5 Å². The lowest BCUT2D eigenvalue weighted by molar-refractivity contribution is 0.343. The van der Waals surface area contributed by atoms with Gasteiger partial charge in [0.1, 0.15) is 28.6 Å². The number of rotatable bonds is 7. The second kappa shape index (κ2) is 14.3. The van der Waals surface area contributed by atoms with Crippen molar-refractivity contribution in [2.75, 3.05) is 9.80 Å². The van der Waals surface area contributed by atoms with Gasteiger partial charge in [0.25, 0.3) is 0 Å². The fraction of sp³-hybridized carbons (Fsp3) is 0.0741. The number of aliphatic hydroxyl groups excluding tert-OH is 1. The minimum Gasteiger partial charge on any atom is -0.511 e. The number of halogens is 2. The van der Waals surface area contributed by atoms with Crippen LogP contribution in [0.5, 0.6) is 0 Å². The second-order valence-corrected chi connectivity index (χ2v) is 15.8. The molecule has 0 spiro atoms. The Balaban J connectivity index is 1.27. The quantitative estimate of drug-likeness (QED) is 0.163. The van der Waals surface area contributed by atoms with Gasteiger partial charge < -0.3 is 23.7 Å². The normalized spacial score (nSPS) is 14.3. The zero-order valence-electron chi connectivity index (χ0n) is 33.4. The molecule has 5 nitrogen and oxygen atoms in total. The van der Waals surface area contributed by atoms with Crippen molar-refractivity contribution in [2.45, 2.75) is 20.3 Å². The second-order valence-electron chi connectivity index (χ2n) is 15.8. The summed E-state index contributed by atoms with van der Waals surface area (Å²) in [6.07, 6.45) is 4.84. The summed E-state index contributed by atoms with van der Waals surface area (Å²) in [6.45, 7) is 4.06. The fourth-order valence-electron chi connectivity index (χ4n) is 9.06. The molecule has 1 aliphatic rings. The first-order chi connectivity index (χ1) is 29.8. The molecule has 8 aromatic carbocycles. The van der Waals surface area contributed by atoms with Crippen LogP contribution in [0.4, 0.5) is 42.9 Å². The number of furan rings is 2. The molecule has 1 atom stereocenters. The van der Waals surface area contributed by atoms with E-state index >= 15 is 0 Å². The van der Waals surface area contributed by atoms with Gasteiger partial charge in [-0.1, -0.05) is 104 Å². The van der Waals surface area contributed by atoms with E-state index in [2.05, 4.69) is 52.3 Å². The van der Waals surface area contributed by atoms with Crippen LogP contribution in [0.1, 0.15) is 24.5 Å². The maximum absolute atomic E-state index is 14.8. The zero-order chi connectivity index (χ0) is 41.4. The van der Waals surface area contributed by atoms with Gasteiger partial charge in [0.05, 0.1) is 22.4 Å². The Morgan fingerprint density at radius 2 is 1.16 bits per heavy atom. The molecular formula is C54H38F2N2O3. The first-order valence-electron chi connectivity index (χ1n) is 20.4. The predicted molar refractivity (Wildman–Crippen MR) is 245 cm³/mol. The number of nitrogens with zero attached hydrogens (tertiary/aromatic N) is 2. The van der Waals surface area contributed by atoms with Gasteiger partial charge in [-0.25, -0.2) is 8.78 Å². The zero-order valence-corrected chi connectivity index (χ0v) is 33.4. The smallest absolute Gasteiger partial charge is 0.162 e. The molecule has 2 aromatic heterocycles. The van der Waals surface area contributed by atoms with E-state index in [0.29, 0.717) is 28.2 Å². The standard InChI is InChI=1S/C54H38F2N2O3/c1-32-11-7-18-40(51(32)59)34-13-9-14-39(31-34)57(37-27-23-35(55)24-28-37)49-41-15-3-4-16-42(41)50(54-48(49)45-17-5-6-22-47(45)60-54)58(38-29-25-36(56)26-30-38)46-21-10-20-44-43-19-8-12-33(2)52(43)61-53(44)46/h3-10,12-32,59H,11H2,1-2H3. The van der Waals surface area contributed by atoms with Crippen molar-refractivity contribution < 1.29 is 22.7 Å². The molecule has 11 rings (SSSR count). The molecule has 296 valence electrons. The van der Waals surface area contributed by atoms with E-state index in [1.54, 1.807) is 24.3 Å². The Labute approximate surface area is 350 Å². The molecular weight excluding hydrogens is 763 g/mol. The van der Waals surface area contributed by atoms with E-state index < -0.39 is 0 Å². The average Bonchev–Trinajstić information content (AvgIpc) is 3.87. The van der Waals surface area contributed by atoms with Crippen molar-refractivity contribution in [2.24, 2.45) is 5.92 Å². The van der Waals surface area contributed by atoms with E-state index in [4.69, 9.17) is 8.83 Å². The molecule has 0 saturated carbocycles. The van der Waals surface area contributed by atoms with Crippen LogP contribution >= 0.6 is 0 Å². The van der Waals surface area contributed by atoms with Crippen LogP contribution in [-0.2, 0) is 0 Å². The Morgan fingerprint density at radius 3 is 1.90 bits per heavy atom. The lowest BCUT2D eigenvalue weighted by Gasteiger charge is -2.31. The van der Waals surface area contributed by atoms with Gasteiger partial charge in [0, 0.05) is 55.5 Å². The molecule has 0 aliphatic heterocycles. The minimum atomic E-state index is -0.352. The summed E-state index contributed by atoms with van der Waals surface area (Å²) in [5.41, 5.74) is 9.96. The molecule has 0 radical (unpaired) electrons. The monoisotopic (exact) mass is 800 g/mol. The highest BCUT2D eigenvalue weighted by molar-refractivity contribution is 6.28. The van der Waals surface area contributed by atoms with Gasteiger partial charge in [-0.05, 0) is 97.3 Å². The Morgan fingerprint density at radius 1 is 0.557 bits per heavy atom. The molecule has 1 unspecified atom stereocenters. The summed E-state index contributed by atoms with van der Waals surface area (Å²) in [4.78, 5) is 4.27. The molecule has 10 aromatic rings. The maximum Gasteiger partial charge on any atom is 0.162 e. The summed E-state index contributed by atoms with van der Waals surface area (Å²) < 4.78 is 43.5. The first kappa shape index (κ1) is 36.4. The topological polar surface area (TPSA) is 53.0 Å². The van der Waals surface area contributed by atoms with Gasteiger partial charge >= 0.3 is 0 Å². The number of fused-ring (bicyclic) bond motifs is 7. The third kappa shape index (κ3) is 5.87. The van der Waals surface area contributed by atoms with Gasteiger partial charge in [-0.3, -0.25) is 0 Å². The molecule has 1 N–H and O–H groups in total. The Hall–Kier alpha value is -7.64. The Bertz CT molecular complexity index is 3420. The van der Waals surface area contributed by atoms with Crippen molar-refractivity contribution in [3.05, 3.63) is 198 Å². The van der Waals surface area contributed by atoms with Crippen LogP contribution in [-0.4, -0.2) is 5.11 Å². The maximum atomic E-state index is 14.8. The van der Waals surface area contributed by atoms with Gasteiger partial charge in [0.2, 0.25) is 0 Å². The van der Waals surface area contributed by atoms with Crippen molar-refractivity contribution >= 4 is 94.3 Å².